The molecule has 0 spiro atoms. The van der Waals surface area contributed by atoms with E-state index in [1.807, 2.05) is 13.8 Å². The van der Waals surface area contributed by atoms with E-state index in [1.165, 1.54) is 11.3 Å². The number of carboxylic acids is 1. The van der Waals surface area contributed by atoms with E-state index >= 15 is 0 Å². The number of benzene rings is 1. The lowest BCUT2D eigenvalue weighted by Gasteiger charge is -2.03. The molecule has 0 fully saturated rings. The van der Waals surface area contributed by atoms with Gasteiger partial charge in [-0.25, -0.2) is 9.78 Å². The summed E-state index contributed by atoms with van der Waals surface area (Å²) in [4.78, 5) is 15.1. The van der Waals surface area contributed by atoms with Crippen LogP contribution in [0.25, 0.3) is 10.2 Å². The van der Waals surface area contributed by atoms with Crippen molar-refractivity contribution in [1.82, 2.24) is 4.98 Å². The predicted molar refractivity (Wildman–Crippen MR) is 65.3 cm³/mol. The van der Waals surface area contributed by atoms with Crippen LogP contribution in [0.5, 0.6) is 0 Å². The first-order valence-corrected chi connectivity index (χ1v) is 5.78. The third-order valence-electron chi connectivity index (χ3n) is 2.05. The van der Waals surface area contributed by atoms with Gasteiger partial charge in [-0.05, 0) is 32.0 Å². The van der Waals surface area contributed by atoms with Crippen LogP contribution in [0.2, 0.25) is 0 Å². The Morgan fingerprint density at radius 1 is 1.50 bits per heavy atom. The molecular formula is C11H12N2O2S. The molecule has 0 amide bonds. The molecular weight excluding hydrogens is 224 g/mol. The Morgan fingerprint density at radius 2 is 2.25 bits per heavy atom. The summed E-state index contributed by atoms with van der Waals surface area (Å²) < 4.78 is 0.994. The number of anilines is 1. The van der Waals surface area contributed by atoms with Crippen LogP contribution in [-0.4, -0.2) is 22.1 Å². The molecule has 5 heteroatoms. The number of aromatic nitrogens is 1. The maximum absolute atomic E-state index is 10.8. The number of thiazole rings is 1. The van der Waals surface area contributed by atoms with E-state index in [9.17, 15) is 4.79 Å². The van der Waals surface area contributed by atoms with Crippen LogP contribution in [0, 0.1) is 0 Å². The number of nitrogens with one attached hydrogen (secondary N) is 1. The molecule has 84 valence electrons. The number of hydrogen-bond acceptors (Lipinski definition) is 4. The largest absolute Gasteiger partial charge is 0.478 e. The summed E-state index contributed by atoms with van der Waals surface area (Å²) in [5.74, 6) is -0.923. The highest BCUT2D eigenvalue weighted by Gasteiger charge is 2.08. The second kappa shape index (κ2) is 4.09. The minimum atomic E-state index is -0.923. The molecule has 0 aliphatic rings. The van der Waals surface area contributed by atoms with Crippen molar-refractivity contribution in [2.24, 2.45) is 0 Å². The molecule has 0 bridgehead atoms. The zero-order chi connectivity index (χ0) is 11.7. The summed E-state index contributed by atoms with van der Waals surface area (Å²) in [6.07, 6.45) is 0. The van der Waals surface area contributed by atoms with Gasteiger partial charge in [0.2, 0.25) is 0 Å². The minimum absolute atomic E-state index is 0.272. The monoisotopic (exact) mass is 236 g/mol. The van der Waals surface area contributed by atoms with Crippen molar-refractivity contribution >= 4 is 32.7 Å². The number of aromatic carboxylic acids is 1. The van der Waals surface area contributed by atoms with Crippen LogP contribution in [-0.2, 0) is 0 Å². The number of carboxylic acid groups (broad SMARTS) is 1. The summed E-state index contributed by atoms with van der Waals surface area (Å²) in [5, 5.41) is 12.9. The Bertz CT molecular complexity index is 534. The molecule has 1 heterocycles. The SMILES string of the molecule is CC(C)Nc1nc2cc(C(=O)O)ccc2s1. The third-order valence-corrected chi connectivity index (χ3v) is 3.01. The van der Waals surface area contributed by atoms with Crippen molar-refractivity contribution in [1.29, 1.82) is 0 Å². The van der Waals surface area contributed by atoms with Gasteiger partial charge in [-0.3, -0.25) is 0 Å². The third kappa shape index (κ3) is 2.14. The molecule has 0 saturated heterocycles. The minimum Gasteiger partial charge on any atom is -0.478 e. The molecule has 0 unspecified atom stereocenters. The van der Waals surface area contributed by atoms with Gasteiger partial charge in [0, 0.05) is 6.04 Å². The van der Waals surface area contributed by atoms with Gasteiger partial charge < -0.3 is 10.4 Å². The lowest BCUT2D eigenvalue weighted by atomic mass is 10.2. The molecule has 0 atom stereocenters. The van der Waals surface area contributed by atoms with E-state index in [0.29, 0.717) is 6.04 Å². The molecule has 1 aromatic carbocycles. The van der Waals surface area contributed by atoms with E-state index in [2.05, 4.69) is 10.3 Å². The first-order chi connectivity index (χ1) is 7.56. The Morgan fingerprint density at radius 3 is 2.88 bits per heavy atom. The van der Waals surface area contributed by atoms with Gasteiger partial charge in [0.15, 0.2) is 5.13 Å². The van der Waals surface area contributed by atoms with Gasteiger partial charge in [0.05, 0.1) is 15.8 Å². The highest BCUT2D eigenvalue weighted by Crippen LogP contribution is 2.27. The lowest BCUT2D eigenvalue weighted by molar-refractivity contribution is 0.0697. The van der Waals surface area contributed by atoms with E-state index in [1.54, 1.807) is 18.2 Å². The number of carbonyl (C=O) groups is 1. The van der Waals surface area contributed by atoms with Crippen LogP contribution in [0.3, 0.4) is 0 Å². The first kappa shape index (κ1) is 10.9. The van der Waals surface area contributed by atoms with Crippen LogP contribution in [0.1, 0.15) is 24.2 Å². The molecule has 0 radical (unpaired) electrons. The smallest absolute Gasteiger partial charge is 0.335 e. The molecule has 4 nitrogen and oxygen atoms in total. The van der Waals surface area contributed by atoms with Crippen LogP contribution in [0.15, 0.2) is 18.2 Å². The van der Waals surface area contributed by atoms with Gasteiger partial charge in [-0.1, -0.05) is 11.3 Å². The van der Waals surface area contributed by atoms with E-state index in [0.717, 1.165) is 15.3 Å². The predicted octanol–water partition coefficient (Wildman–Crippen LogP) is 2.81. The van der Waals surface area contributed by atoms with Crippen molar-refractivity contribution < 1.29 is 9.90 Å². The number of rotatable bonds is 3. The number of nitrogens with zero attached hydrogens (tertiary/aromatic N) is 1. The maximum Gasteiger partial charge on any atom is 0.335 e. The standard InChI is InChI=1S/C11H12N2O2S/c1-6(2)12-11-13-8-5-7(10(14)15)3-4-9(8)16-11/h3-6H,1-2H3,(H,12,13)(H,14,15). The average Bonchev–Trinajstić information content (AvgIpc) is 2.56. The number of fused-ring (bicyclic) bond motifs is 1. The second-order valence-electron chi connectivity index (χ2n) is 3.81. The van der Waals surface area contributed by atoms with Gasteiger partial charge in [-0.15, -0.1) is 0 Å². The Labute approximate surface area is 96.9 Å². The molecule has 2 N–H and O–H groups in total. The summed E-state index contributed by atoms with van der Waals surface area (Å²) >= 11 is 1.53. The fraction of sp³-hybridized carbons (Fsp3) is 0.273. The van der Waals surface area contributed by atoms with E-state index < -0.39 is 5.97 Å². The summed E-state index contributed by atoms with van der Waals surface area (Å²) in [7, 11) is 0. The van der Waals surface area contributed by atoms with Crippen LogP contribution < -0.4 is 5.32 Å². The second-order valence-corrected chi connectivity index (χ2v) is 4.84. The lowest BCUT2D eigenvalue weighted by Crippen LogP contribution is -2.08. The zero-order valence-electron chi connectivity index (χ0n) is 9.02. The van der Waals surface area contributed by atoms with Crippen molar-refractivity contribution in [2.45, 2.75) is 19.9 Å². The normalized spacial score (nSPS) is 10.9. The van der Waals surface area contributed by atoms with Gasteiger partial charge in [0.25, 0.3) is 0 Å². The van der Waals surface area contributed by atoms with Crippen molar-refractivity contribution in [3.8, 4) is 0 Å². The Balaban J connectivity index is 2.42. The van der Waals surface area contributed by atoms with Crippen molar-refractivity contribution in [3.05, 3.63) is 23.8 Å². The summed E-state index contributed by atoms with van der Waals surface area (Å²) in [5.41, 5.74) is 1.00. The zero-order valence-corrected chi connectivity index (χ0v) is 9.84. The van der Waals surface area contributed by atoms with Gasteiger partial charge >= 0.3 is 5.97 Å². The highest BCUT2D eigenvalue weighted by molar-refractivity contribution is 7.22. The van der Waals surface area contributed by atoms with Crippen LogP contribution in [0.4, 0.5) is 5.13 Å². The van der Waals surface area contributed by atoms with Gasteiger partial charge in [-0.2, -0.15) is 0 Å². The first-order valence-electron chi connectivity index (χ1n) is 4.96. The molecule has 0 aliphatic carbocycles. The fourth-order valence-electron chi connectivity index (χ4n) is 1.37. The summed E-state index contributed by atoms with van der Waals surface area (Å²) in [6.45, 7) is 4.07. The topological polar surface area (TPSA) is 62.2 Å². The molecule has 16 heavy (non-hydrogen) atoms. The van der Waals surface area contributed by atoms with Crippen LogP contribution >= 0.6 is 11.3 Å². The highest BCUT2D eigenvalue weighted by atomic mass is 32.1. The number of hydrogen-bond donors (Lipinski definition) is 2. The molecule has 2 aromatic rings. The fourth-order valence-corrected chi connectivity index (χ4v) is 2.36. The average molecular weight is 236 g/mol. The molecule has 1 aromatic heterocycles. The van der Waals surface area contributed by atoms with Gasteiger partial charge in [0.1, 0.15) is 0 Å². The quantitative estimate of drug-likeness (QED) is 0.860. The summed E-state index contributed by atoms with van der Waals surface area (Å²) in [6, 6.07) is 5.31. The Hall–Kier alpha value is -1.62. The molecule has 2 rings (SSSR count). The van der Waals surface area contributed by atoms with Crippen molar-refractivity contribution in [2.75, 3.05) is 5.32 Å². The molecule has 0 aliphatic heterocycles. The molecule has 0 saturated carbocycles. The Kier molecular flexibility index (Phi) is 2.78. The maximum atomic E-state index is 10.8. The van der Waals surface area contributed by atoms with E-state index in [4.69, 9.17) is 5.11 Å². The van der Waals surface area contributed by atoms with E-state index in [-0.39, 0.29) is 5.56 Å². The van der Waals surface area contributed by atoms with Crippen molar-refractivity contribution in [3.63, 3.8) is 0 Å².